The van der Waals surface area contributed by atoms with Crippen LogP contribution in [0.3, 0.4) is 0 Å². The van der Waals surface area contributed by atoms with E-state index in [0.29, 0.717) is 6.08 Å². The number of ether oxygens (including phenoxy) is 5. The summed E-state index contributed by atoms with van der Waals surface area (Å²) in [4.78, 5) is 34.4. The summed E-state index contributed by atoms with van der Waals surface area (Å²) in [5.41, 5.74) is 0. The fourth-order valence-electron chi connectivity index (χ4n) is 3.69. The van der Waals surface area contributed by atoms with E-state index in [0.717, 1.165) is 0 Å². The molecular formula is C18H24O18. The van der Waals surface area contributed by atoms with Crippen molar-refractivity contribution in [1.82, 2.24) is 0 Å². The van der Waals surface area contributed by atoms with Crippen LogP contribution in [0.4, 0.5) is 0 Å². The summed E-state index contributed by atoms with van der Waals surface area (Å²) in [6, 6.07) is 0. The minimum Gasteiger partial charge on any atom is -0.479 e. The highest BCUT2D eigenvalue weighted by Crippen LogP contribution is 2.32. The zero-order valence-electron chi connectivity index (χ0n) is 17.8. The van der Waals surface area contributed by atoms with E-state index in [1.807, 2.05) is 0 Å². The lowest BCUT2D eigenvalue weighted by Gasteiger charge is -2.45. The number of carbonyl (C=O) groups is 3. The lowest BCUT2D eigenvalue weighted by atomic mass is 9.96. The highest BCUT2D eigenvalue weighted by molar-refractivity contribution is 5.84. The molecule has 204 valence electrons. The zero-order chi connectivity index (χ0) is 27.1. The smallest absolute Gasteiger partial charge is 0.371 e. The summed E-state index contributed by atoms with van der Waals surface area (Å²) in [7, 11) is 0. The van der Waals surface area contributed by atoms with Crippen LogP contribution in [0.5, 0.6) is 0 Å². The Kier molecular flexibility index (Phi) is 8.48. The fourth-order valence-corrected chi connectivity index (χ4v) is 3.69. The number of aliphatic hydroxyl groups excluding tert-OH is 7. The van der Waals surface area contributed by atoms with Crippen LogP contribution in [0, 0.1) is 0 Å². The Balaban J connectivity index is 1.81. The number of hydrogen-bond acceptors (Lipinski definition) is 15. The van der Waals surface area contributed by atoms with Crippen molar-refractivity contribution in [3.63, 3.8) is 0 Å². The van der Waals surface area contributed by atoms with Gasteiger partial charge in [-0.15, -0.1) is 0 Å². The van der Waals surface area contributed by atoms with Gasteiger partial charge in [0.2, 0.25) is 12.0 Å². The Morgan fingerprint density at radius 2 is 1.17 bits per heavy atom. The van der Waals surface area contributed by atoms with Gasteiger partial charge in [0, 0.05) is 0 Å². The molecule has 3 rings (SSSR count). The van der Waals surface area contributed by atoms with Crippen molar-refractivity contribution in [2.45, 2.75) is 79.9 Å². The Morgan fingerprint density at radius 3 is 1.69 bits per heavy atom. The topological polar surface area (TPSA) is 300 Å². The standard InChI is InChI=1S/C18H24O18/c19-2-1-3(13(25)26)32-17(4(2)20)34-10-6(22)8(24)18(36-12(10)15(29)30)35-9-5(21)7(23)16(31)33-11(9)14(27)28/h1-2,4-12,16-24,31H,(H,25,26)(H,27,28)(H,29,30)/t2-,4-,5+,6+,7-,8-,9-,10-,11-,12-,16+,17-,18+/m0/s1. The first kappa shape index (κ1) is 28.1. The Hall–Kier alpha value is -2.49. The van der Waals surface area contributed by atoms with Crippen LogP contribution in [0.2, 0.25) is 0 Å². The van der Waals surface area contributed by atoms with Crippen molar-refractivity contribution >= 4 is 17.9 Å². The molecule has 0 bridgehead atoms. The van der Waals surface area contributed by atoms with Crippen molar-refractivity contribution in [3.05, 3.63) is 11.8 Å². The predicted molar refractivity (Wildman–Crippen MR) is 101 cm³/mol. The maximum atomic E-state index is 11.8. The van der Waals surface area contributed by atoms with E-state index in [2.05, 4.69) is 4.74 Å². The summed E-state index contributed by atoms with van der Waals surface area (Å²) >= 11 is 0. The van der Waals surface area contributed by atoms with E-state index in [4.69, 9.17) is 24.1 Å². The molecule has 18 nitrogen and oxygen atoms in total. The van der Waals surface area contributed by atoms with E-state index in [9.17, 15) is 60.3 Å². The van der Waals surface area contributed by atoms with Gasteiger partial charge in [-0.25, -0.2) is 14.4 Å². The van der Waals surface area contributed by atoms with Gasteiger partial charge in [-0.2, -0.15) is 0 Å². The first-order valence-electron chi connectivity index (χ1n) is 10.2. The van der Waals surface area contributed by atoms with E-state index < -0.39 is 104 Å². The first-order valence-corrected chi connectivity index (χ1v) is 10.2. The Bertz CT molecular complexity index is 876. The van der Waals surface area contributed by atoms with Gasteiger partial charge < -0.3 is 74.7 Å². The third-order valence-corrected chi connectivity index (χ3v) is 5.58. The minimum absolute atomic E-state index is 0.635. The third kappa shape index (κ3) is 5.43. The van der Waals surface area contributed by atoms with Crippen molar-refractivity contribution < 1.29 is 89.1 Å². The van der Waals surface area contributed by atoms with Crippen LogP contribution in [0.1, 0.15) is 0 Å². The molecule has 2 fully saturated rings. The normalized spacial score (nSPS) is 45.3. The quantitative estimate of drug-likeness (QED) is 0.147. The number of carboxylic acids is 3. The lowest BCUT2D eigenvalue weighted by molar-refractivity contribution is -0.358. The molecule has 0 saturated carbocycles. The molecule has 3 aliphatic heterocycles. The van der Waals surface area contributed by atoms with Crippen LogP contribution >= 0.6 is 0 Å². The number of carboxylic acid groups (broad SMARTS) is 3. The number of rotatable bonds is 7. The maximum Gasteiger partial charge on any atom is 0.371 e. The van der Waals surface area contributed by atoms with Crippen molar-refractivity contribution in [1.29, 1.82) is 0 Å². The highest BCUT2D eigenvalue weighted by Gasteiger charge is 2.55. The molecule has 18 heteroatoms. The summed E-state index contributed by atoms with van der Waals surface area (Å²) in [6.07, 6.45) is -26.7. The lowest BCUT2D eigenvalue weighted by Crippen LogP contribution is -2.66. The van der Waals surface area contributed by atoms with Gasteiger partial charge in [-0.05, 0) is 6.08 Å². The van der Waals surface area contributed by atoms with E-state index in [-0.39, 0.29) is 0 Å². The van der Waals surface area contributed by atoms with Gasteiger partial charge in [0.05, 0.1) is 0 Å². The molecule has 0 aromatic heterocycles. The van der Waals surface area contributed by atoms with Gasteiger partial charge in [0.25, 0.3) is 0 Å². The van der Waals surface area contributed by atoms with Crippen molar-refractivity contribution in [3.8, 4) is 0 Å². The summed E-state index contributed by atoms with van der Waals surface area (Å²) in [5.74, 6) is -6.17. The second-order valence-electron chi connectivity index (χ2n) is 8.02. The molecule has 0 spiro atoms. The molecule has 2 saturated heterocycles. The Morgan fingerprint density at radius 1 is 0.667 bits per heavy atom. The van der Waals surface area contributed by atoms with Crippen LogP contribution in [0.15, 0.2) is 11.8 Å². The third-order valence-electron chi connectivity index (χ3n) is 5.58. The van der Waals surface area contributed by atoms with Crippen molar-refractivity contribution in [2.75, 3.05) is 0 Å². The number of aliphatic carboxylic acids is 3. The van der Waals surface area contributed by atoms with Gasteiger partial charge in [0.15, 0.2) is 24.8 Å². The van der Waals surface area contributed by atoms with Crippen LogP contribution in [-0.4, -0.2) is 149 Å². The maximum absolute atomic E-state index is 11.8. The van der Waals surface area contributed by atoms with E-state index >= 15 is 0 Å². The second kappa shape index (κ2) is 10.9. The highest BCUT2D eigenvalue weighted by atomic mass is 16.8. The summed E-state index contributed by atoms with van der Waals surface area (Å²) in [6.45, 7) is 0. The van der Waals surface area contributed by atoms with Gasteiger partial charge in [0.1, 0.15) is 48.8 Å². The van der Waals surface area contributed by atoms with Crippen LogP contribution in [0.25, 0.3) is 0 Å². The molecule has 36 heavy (non-hydrogen) atoms. The largest absolute Gasteiger partial charge is 0.479 e. The van der Waals surface area contributed by atoms with Gasteiger partial charge >= 0.3 is 17.9 Å². The zero-order valence-corrected chi connectivity index (χ0v) is 17.8. The number of hydrogen-bond donors (Lipinski definition) is 10. The molecular weight excluding hydrogens is 504 g/mol. The molecule has 0 unspecified atom stereocenters. The molecule has 0 aromatic rings. The minimum atomic E-state index is -2.24. The van der Waals surface area contributed by atoms with Gasteiger partial charge in [-0.3, -0.25) is 0 Å². The van der Waals surface area contributed by atoms with Crippen LogP contribution < -0.4 is 0 Å². The number of aliphatic hydroxyl groups is 7. The van der Waals surface area contributed by atoms with E-state index in [1.54, 1.807) is 0 Å². The molecule has 0 radical (unpaired) electrons. The average molecular weight is 528 g/mol. The molecule has 0 aliphatic carbocycles. The fraction of sp³-hybridized carbons (Fsp3) is 0.722. The van der Waals surface area contributed by atoms with E-state index in [1.165, 1.54) is 0 Å². The molecule has 10 N–H and O–H groups in total. The summed E-state index contributed by atoms with van der Waals surface area (Å²) in [5, 5.41) is 98.1. The SMILES string of the molecule is O=C(O)C1=C[C@H](O)[C@H](O)[C@H](O[C@H]2[C@H](O)[C@H](O)[C@H](O[C@H]3[C@H](O)[C@H](O)[C@H](O)O[C@@H]3C(=O)O)O[C@@H]2C(=O)O)O1. The predicted octanol–water partition coefficient (Wildman–Crippen LogP) is -6.14. The van der Waals surface area contributed by atoms with Gasteiger partial charge in [-0.1, -0.05) is 0 Å². The van der Waals surface area contributed by atoms with Crippen molar-refractivity contribution in [2.24, 2.45) is 0 Å². The monoisotopic (exact) mass is 528 g/mol. The molecule has 0 aromatic carbocycles. The molecule has 13 atom stereocenters. The molecule has 0 amide bonds. The molecule has 3 aliphatic rings. The first-order chi connectivity index (χ1) is 16.7. The second-order valence-corrected chi connectivity index (χ2v) is 8.02. The Labute approximate surface area is 199 Å². The molecule has 3 heterocycles. The van der Waals surface area contributed by atoms with Crippen LogP contribution in [-0.2, 0) is 38.1 Å². The summed E-state index contributed by atoms with van der Waals surface area (Å²) < 4.78 is 24.9. The average Bonchev–Trinajstić information content (AvgIpc) is 2.80.